The highest BCUT2D eigenvalue weighted by atomic mass is 35.5. The van der Waals surface area contributed by atoms with Crippen molar-refractivity contribution in [1.82, 2.24) is 9.78 Å². The average molecular weight is 370 g/mol. The molecule has 132 valence electrons. The lowest BCUT2D eigenvalue weighted by atomic mass is 10.2. The molecule has 0 unspecified atom stereocenters. The van der Waals surface area contributed by atoms with Crippen molar-refractivity contribution in [3.63, 3.8) is 0 Å². The van der Waals surface area contributed by atoms with Gasteiger partial charge in [0.1, 0.15) is 0 Å². The molecule has 26 heavy (non-hydrogen) atoms. The van der Waals surface area contributed by atoms with Crippen LogP contribution in [0.25, 0.3) is 5.69 Å². The third-order valence-electron chi connectivity index (χ3n) is 4.21. The number of ether oxygens (including phenoxy) is 2. The number of carbonyl (C=O) groups excluding carboxylic acids is 1. The van der Waals surface area contributed by atoms with Gasteiger partial charge in [-0.15, -0.1) is 0 Å². The van der Waals surface area contributed by atoms with Gasteiger partial charge in [-0.3, -0.25) is 4.79 Å². The first kappa shape index (κ1) is 16.5. The zero-order valence-corrected chi connectivity index (χ0v) is 15.0. The first-order chi connectivity index (χ1) is 12.5. The number of rotatable bonds is 3. The number of hydrogen-bond donors (Lipinski definition) is 1. The summed E-state index contributed by atoms with van der Waals surface area (Å²) < 4.78 is 12.3. The molecule has 0 bridgehead atoms. The van der Waals surface area contributed by atoms with E-state index in [-0.39, 0.29) is 12.7 Å². The molecular weight excluding hydrogens is 354 g/mol. The highest BCUT2D eigenvalue weighted by molar-refractivity contribution is 6.31. The number of nitrogens with zero attached hydrogens (tertiary/aromatic N) is 2. The van der Waals surface area contributed by atoms with E-state index in [1.807, 2.05) is 26.0 Å². The second-order valence-electron chi connectivity index (χ2n) is 5.97. The number of aryl methyl sites for hydroxylation is 1. The predicted octanol–water partition coefficient (Wildman–Crippen LogP) is 4.12. The molecule has 0 saturated heterocycles. The van der Waals surface area contributed by atoms with Gasteiger partial charge in [0.2, 0.25) is 6.79 Å². The molecule has 4 rings (SSSR count). The number of benzene rings is 2. The molecule has 0 saturated carbocycles. The predicted molar refractivity (Wildman–Crippen MR) is 98.6 cm³/mol. The third-order valence-corrected chi connectivity index (χ3v) is 4.75. The van der Waals surface area contributed by atoms with Crippen molar-refractivity contribution < 1.29 is 14.3 Å². The fourth-order valence-electron chi connectivity index (χ4n) is 2.81. The molecule has 0 fully saturated rings. The molecule has 1 aliphatic rings. The van der Waals surface area contributed by atoms with Gasteiger partial charge >= 0.3 is 0 Å². The van der Waals surface area contributed by atoms with Crippen LogP contribution in [0.1, 0.15) is 21.7 Å². The van der Waals surface area contributed by atoms with Crippen molar-refractivity contribution in [2.75, 3.05) is 12.1 Å². The van der Waals surface area contributed by atoms with Crippen LogP contribution in [0.4, 0.5) is 5.69 Å². The Labute approximate surface area is 155 Å². The minimum atomic E-state index is -0.207. The van der Waals surface area contributed by atoms with Crippen LogP contribution in [-0.4, -0.2) is 22.5 Å². The van der Waals surface area contributed by atoms with Crippen LogP contribution in [0.3, 0.4) is 0 Å². The molecule has 6 nitrogen and oxygen atoms in total. The van der Waals surface area contributed by atoms with Gasteiger partial charge in [-0.05, 0) is 50.2 Å². The van der Waals surface area contributed by atoms with Crippen LogP contribution in [0.5, 0.6) is 11.5 Å². The quantitative estimate of drug-likeness (QED) is 0.754. The first-order valence-corrected chi connectivity index (χ1v) is 8.44. The first-order valence-electron chi connectivity index (χ1n) is 8.06. The fraction of sp³-hybridized carbons (Fsp3) is 0.158. The fourth-order valence-corrected chi connectivity index (χ4v) is 2.92. The Kier molecular flexibility index (Phi) is 4.05. The number of anilines is 1. The lowest BCUT2D eigenvalue weighted by Crippen LogP contribution is -2.12. The molecule has 0 radical (unpaired) electrons. The SMILES string of the molecule is Cc1nn(-c2ccc(C(=O)Nc3ccc4c(c3)OCO4)cc2)c(C)c1Cl. The smallest absolute Gasteiger partial charge is 0.255 e. The van der Waals surface area contributed by atoms with Crippen LogP contribution in [-0.2, 0) is 0 Å². The van der Waals surface area contributed by atoms with E-state index >= 15 is 0 Å². The summed E-state index contributed by atoms with van der Waals surface area (Å²) in [6, 6.07) is 12.5. The number of amides is 1. The molecule has 2 aromatic carbocycles. The summed E-state index contributed by atoms with van der Waals surface area (Å²) in [5.41, 5.74) is 3.67. The summed E-state index contributed by atoms with van der Waals surface area (Å²) in [5.74, 6) is 1.09. The molecule has 1 aromatic heterocycles. The van der Waals surface area contributed by atoms with Crippen molar-refractivity contribution in [2.45, 2.75) is 13.8 Å². The van der Waals surface area contributed by atoms with Crippen LogP contribution in [0.15, 0.2) is 42.5 Å². The Morgan fingerprint density at radius 3 is 2.54 bits per heavy atom. The zero-order valence-electron chi connectivity index (χ0n) is 14.2. The second kappa shape index (κ2) is 6.38. The van der Waals surface area contributed by atoms with Gasteiger partial charge in [0.15, 0.2) is 11.5 Å². The number of hydrogen-bond acceptors (Lipinski definition) is 4. The summed E-state index contributed by atoms with van der Waals surface area (Å²) in [6.45, 7) is 3.96. The third kappa shape index (κ3) is 2.88. The Morgan fingerprint density at radius 1 is 1.12 bits per heavy atom. The number of aromatic nitrogens is 2. The molecule has 1 N–H and O–H groups in total. The van der Waals surface area contributed by atoms with Crippen molar-refractivity contribution in [3.05, 3.63) is 64.4 Å². The van der Waals surface area contributed by atoms with Crippen molar-refractivity contribution >= 4 is 23.2 Å². The Bertz CT molecular complexity index is 996. The van der Waals surface area contributed by atoms with Crippen molar-refractivity contribution in [3.8, 4) is 17.2 Å². The molecule has 0 spiro atoms. The van der Waals surface area contributed by atoms with E-state index in [0.717, 1.165) is 17.1 Å². The van der Waals surface area contributed by atoms with E-state index in [2.05, 4.69) is 10.4 Å². The van der Waals surface area contributed by atoms with Gasteiger partial charge in [-0.1, -0.05) is 11.6 Å². The van der Waals surface area contributed by atoms with Gasteiger partial charge in [0, 0.05) is 17.3 Å². The van der Waals surface area contributed by atoms with Crippen LogP contribution >= 0.6 is 11.6 Å². The number of fused-ring (bicyclic) bond motifs is 1. The lowest BCUT2D eigenvalue weighted by Gasteiger charge is -2.08. The maximum absolute atomic E-state index is 12.5. The van der Waals surface area contributed by atoms with Gasteiger partial charge in [0.25, 0.3) is 5.91 Å². The van der Waals surface area contributed by atoms with Crippen LogP contribution in [0, 0.1) is 13.8 Å². The molecule has 3 aromatic rings. The summed E-state index contributed by atoms with van der Waals surface area (Å²) in [4.78, 5) is 12.5. The van der Waals surface area contributed by atoms with Gasteiger partial charge in [-0.25, -0.2) is 4.68 Å². The van der Waals surface area contributed by atoms with Crippen molar-refractivity contribution in [1.29, 1.82) is 0 Å². The number of halogens is 1. The van der Waals surface area contributed by atoms with E-state index < -0.39 is 0 Å². The van der Waals surface area contributed by atoms with Crippen LogP contribution < -0.4 is 14.8 Å². The standard InChI is InChI=1S/C19H16ClN3O3/c1-11-18(20)12(2)23(22-11)15-6-3-13(4-7-15)19(24)21-14-5-8-16-17(9-14)26-10-25-16/h3-9H,10H2,1-2H3,(H,21,24). The molecule has 0 atom stereocenters. The number of nitrogens with one attached hydrogen (secondary N) is 1. The topological polar surface area (TPSA) is 65.4 Å². The van der Waals surface area contributed by atoms with Gasteiger partial charge in [0.05, 0.1) is 22.1 Å². The lowest BCUT2D eigenvalue weighted by molar-refractivity contribution is 0.102. The van der Waals surface area contributed by atoms with Gasteiger partial charge in [-0.2, -0.15) is 5.10 Å². The highest BCUT2D eigenvalue weighted by Gasteiger charge is 2.15. The minimum Gasteiger partial charge on any atom is -0.454 e. The Hall–Kier alpha value is -2.99. The highest BCUT2D eigenvalue weighted by Crippen LogP contribution is 2.34. The maximum atomic E-state index is 12.5. The summed E-state index contributed by atoms with van der Waals surface area (Å²) >= 11 is 6.19. The summed E-state index contributed by atoms with van der Waals surface area (Å²) in [5, 5.41) is 7.92. The molecule has 1 amide bonds. The molecular formula is C19H16ClN3O3. The minimum absolute atomic E-state index is 0.199. The normalized spacial score (nSPS) is 12.3. The number of carbonyl (C=O) groups is 1. The largest absolute Gasteiger partial charge is 0.454 e. The summed E-state index contributed by atoms with van der Waals surface area (Å²) in [7, 11) is 0. The van der Waals surface area contributed by atoms with E-state index in [4.69, 9.17) is 21.1 Å². The van der Waals surface area contributed by atoms with E-state index in [1.54, 1.807) is 35.0 Å². The van der Waals surface area contributed by atoms with E-state index in [0.29, 0.717) is 27.8 Å². The monoisotopic (exact) mass is 369 g/mol. The molecule has 2 heterocycles. The molecule has 0 aliphatic carbocycles. The van der Waals surface area contributed by atoms with Crippen LogP contribution in [0.2, 0.25) is 5.02 Å². The molecule has 7 heteroatoms. The van der Waals surface area contributed by atoms with Gasteiger partial charge < -0.3 is 14.8 Å². The van der Waals surface area contributed by atoms with E-state index in [9.17, 15) is 4.79 Å². The zero-order chi connectivity index (χ0) is 18.3. The maximum Gasteiger partial charge on any atom is 0.255 e. The Balaban J connectivity index is 1.53. The second-order valence-corrected chi connectivity index (χ2v) is 6.34. The Morgan fingerprint density at radius 2 is 1.85 bits per heavy atom. The molecule has 1 aliphatic heterocycles. The van der Waals surface area contributed by atoms with E-state index in [1.165, 1.54) is 0 Å². The average Bonchev–Trinajstić information content (AvgIpc) is 3.21. The summed E-state index contributed by atoms with van der Waals surface area (Å²) in [6.07, 6.45) is 0. The van der Waals surface area contributed by atoms with Crippen molar-refractivity contribution in [2.24, 2.45) is 0 Å².